The zero-order chi connectivity index (χ0) is 9.42. The van der Waals surface area contributed by atoms with Gasteiger partial charge in [-0.3, -0.25) is 0 Å². The number of nitrogens with zero attached hydrogens (tertiary/aromatic N) is 3. The summed E-state index contributed by atoms with van der Waals surface area (Å²) in [7, 11) is 0. The third kappa shape index (κ3) is 1.40. The maximum atomic E-state index is 13.1. The Morgan fingerprint density at radius 2 is 2.31 bits per heavy atom. The van der Waals surface area contributed by atoms with Crippen molar-refractivity contribution < 1.29 is 9.50 Å². The molecule has 2 rings (SSSR count). The quantitative estimate of drug-likeness (QED) is 0.608. The van der Waals surface area contributed by atoms with Gasteiger partial charge in [-0.05, 0) is 0 Å². The van der Waals surface area contributed by atoms with Crippen molar-refractivity contribution in [2.45, 2.75) is 6.10 Å². The number of halogens is 1. The number of rotatable bonds is 1. The van der Waals surface area contributed by atoms with E-state index < -0.39 is 11.9 Å². The maximum absolute atomic E-state index is 13.1. The lowest BCUT2D eigenvalue weighted by atomic mass is 10.2. The first-order chi connectivity index (χ1) is 6.16. The molecule has 0 bridgehead atoms. The molecule has 0 spiro atoms. The molecule has 0 saturated carbocycles. The lowest BCUT2D eigenvalue weighted by Gasteiger charge is -2.36. The number of hydrogen-bond acceptors (Lipinski definition) is 5. The van der Waals surface area contributed by atoms with Crippen LogP contribution in [0.4, 0.5) is 16.2 Å². The van der Waals surface area contributed by atoms with Crippen LogP contribution in [0.1, 0.15) is 0 Å². The van der Waals surface area contributed by atoms with E-state index in [1.807, 2.05) is 0 Å². The molecule has 2 heterocycles. The molecule has 0 atom stereocenters. The van der Waals surface area contributed by atoms with Gasteiger partial charge in [0.25, 0.3) is 0 Å². The molecule has 13 heavy (non-hydrogen) atoms. The third-order valence-electron chi connectivity index (χ3n) is 1.91. The fourth-order valence-corrected chi connectivity index (χ4v) is 1.22. The summed E-state index contributed by atoms with van der Waals surface area (Å²) in [6.07, 6.45) is 0.637. The molecular formula is C7H9FN4O. The molecule has 1 aliphatic rings. The highest BCUT2D eigenvalue weighted by atomic mass is 19.1. The summed E-state index contributed by atoms with van der Waals surface area (Å²) in [5.74, 6) is -0.309. The minimum Gasteiger partial charge on any atom is -0.389 e. The number of β-amino-alcohol motifs (C(OH)–C–C–N with tert-alkyl or cyclic N) is 1. The molecule has 1 aromatic heterocycles. The van der Waals surface area contributed by atoms with Crippen LogP contribution < -0.4 is 10.6 Å². The Balaban J connectivity index is 2.24. The van der Waals surface area contributed by atoms with Crippen LogP contribution in [0.25, 0.3) is 0 Å². The maximum Gasteiger partial charge on any atom is 0.222 e. The molecule has 0 unspecified atom stereocenters. The van der Waals surface area contributed by atoms with Gasteiger partial charge in [0.05, 0.1) is 12.3 Å². The summed E-state index contributed by atoms with van der Waals surface area (Å²) in [6.45, 7) is 0.792. The highest BCUT2D eigenvalue weighted by molar-refractivity contribution is 5.45. The van der Waals surface area contributed by atoms with Crippen molar-refractivity contribution >= 4 is 11.8 Å². The lowest BCUT2D eigenvalue weighted by Crippen LogP contribution is -2.51. The Kier molecular flexibility index (Phi) is 1.77. The number of aromatic nitrogens is 2. The molecular weight excluding hydrogens is 175 g/mol. The molecule has 1 fully saturated rings. The predicted octanol–water partition coefficient (Wildman–Crippen LogP) is -0.621. The highest BCUT2D eigenvalue weighted by Crippen LogP contribution is 2.21. The van der Waals surface area contributed by atoms with E-state index in [-0.39, 0.29) is 11.8 Å². The van der Waals surface area contributed by atoms with Crippen molar-refractivity contribution in [3.05, 3.63) is 12.0 Å². The zero-order valence-electron chi connectivity index (χ0n) is 6.81. The summed E-state index contributed by atoms with van der Waals surface area (Å²) in [5.41, 5.74) is 5.30. The topological polar surface area (TPSA) is 75.3 Å². The number of nitrogens with two attached hydrogens (primary N) is 1. The predicted molar refractivity (Wildman–Crippen MR) is 44.6 cm³/mol. The average molecular weight is 184 g/mol. The van der Waals surface area contributed by atoms with Gasteiger partial charge in [-0.2, -0.15) is 4.98 Å². The van der Waals surface area contributed by atoms with Gasteiger partial charge < -0.3 is 15.7 Å². The molecule has 0 aliphatic carbocycles. The first-order valence-electron chi connectivity index (χ1n) is 3.88. The highest BCUT2D eigenvalue weighted by Gasteiger charge is 2.27. The molecule has 0 radical (unpaired) electrons. The summed E-state index contributed by atoms with van der Waals surface area (Å²) in [6, 6.07) is 0. The molecule has 1 saturated heterocycles. The molecule has 3 N–H and O–H groups in total. The second kappa shape index (κ2) is 2.81. The minimum absolute atomic E-state index is 0.0396. The van der Waals surface area contributed by atoms with Crippen molar-refractivity contribution in [3.8, 4) is 0 Å². The van der Waals surface area contributed by atoms with Crippen LogP contribution >= 0.6 is 0 Å². The van der Waals surface area contributed by atoms with Crippen LogP contribution in [0.5, 0.6) is 0 Å². The summed E-state index contributed by atoms with van der Waals surface area (Å²) in [4.78, 5) is 8.85. The van der Waals surface area contributed by atoms with Crippen LogP contribution in [-0.4, -0.2) is 34.3 Å². The second-order valence-electron chi connectivity index (χ2n) is 2.96. The van der Waals surface area contributed by atoms with E-state index in [2.05, 4.69) is 9.97 Å². The molecule has 5 nitrogen and oxygen atoms in total. The number of hydrogen-bond donors (Lipinski definition) is 2. The summed E-state index contributed by atoms with van der Waals surface area (Å²) in [5, 5.41) is 9.00. The lowest BCUT2D eigenvalue weighted by molar-refractivity contribution is 0.140. The third-order valence-corrected chi connectivity index (χ3v) is 1.91. The second-order valence-corrected chi connectivity index (χ2v) is 2.96. The zero-order valence-corrected chi connectivity index (χ0v) is 6.81. The van der Waals surface area contributed by atoms with E-state index in [0.29, 0.717) is 13.1 Å². The fraction of sp³-hybridized carbons (Fsp3) is 0.429. The van der Waals surface area contributed by atoms with Crippen LogP contribution in [0, 0.1) is 5.82 Å². The minimum atomic E-state index is -0.513. The molecule has 6 heteroatoms. The van der Waals surface area contributed by atoms with Crippen molar-refractivity contribution in [2.75, 3.05) is 23.7 Å². The van der Waals surface area contributed by atoms with Gasteiger partial charge in [0, 0.05) is 13.1 Å². The van der Waals surface area contributed by atoms with E-state index in [0.717, 1.165) is 6.20 Å². The molecule has 70 valence electrons. The molecule has 0 amide bonds. The van der Waals surface area contributed by atoms with Gasteiger partial charge in [-0.1, -0.05) is 0 Å². The van der Waals surface area contributed by atoms with Crippen molar-refractivity contribution in [3.63, 3.8) is 0 Å². The van der Waals surface area contributed by atoms with E-state index in [1.54, 1.807) is 4.90 Å². The SMILES string of the molecule is Nc1ncc(F)c(N2CC(O)C2)n1. The van der Waals surface area contributed by atoms with E-state index in [1.165, 1.54) is 0 Å². The van der Waals surface area contributed by atoms with Gasteiger partial charge in [-0.25, -0.2) is 9.37 Å². The van der Waals surface area contributed by atoms with E-state index in [4.69, 9.17) is 10.8 Å². The van der Waals surface area contributed by atoms with Crippen LogP contribution in [0.2, 0.25) is 0 Å². The van der Waals surface area contributed by atoms with Gasteiger partial charge >= 0.3 is 0 Å². The smallest absolute Gasteiger partial charge is 0.222 e. The van der Waals surface area contributed by atoms with Gasteiger partial charge in [-0.15, -0.1) is 0 Å². The Morgan fingerprint density at radius 1 is 1.62 bits per heavy atom. The Labute approximate surface area is 74.0 Å². The fourth-order valence-electron chi connectivity index (χ4n) is 1.22. The van der Waals surface area contributed by atoms with Gasteiger partial charge in [0.15, 0.2) is 11.6 Å². The number of aliphatic hydroxyl groups excluding tert-OH is 1. The van der Waals surface area contributed by atoms with E-state index >= 15 is 0 Å². The van der Waals surface area contributed by atoms with Crippen LogP contribution in [0.3, 0.4) is 0 Å². The van der Waals surface area contributed by atoms with Crippen molar-refractivity contribution in [1.82, 2.24) is 9.97 Å². The Hall–Kier alpha value is -1.43. The first kappa shape index (κ1) is 8.18. The van der Waals surface area contributed by atoms with Gasteiger partial charge in [0.1, 0.15) is 0 Å². The monoisotopic (exact) mass is 184 g/mol. The standard InChI is InChI=1S/C7H9FN4O/c8-5-1-10-7(9)11-6(5)12-2-4(13)3-12/h1,4,13H,2-3H2,(H2,9,10,11). The Morgan fingerprint density at radius 3 is 2.92 bits per heavy atom. The van der Waals surface area contributed by atoms with Gasteiger partial charge in [0.2, 0.25) is 5.95 Å². The largest absolute Gasteiger partial charge is 0.389 e. The van der Waals surface area contributed by atoms with Crippen molar-refractivity contribution in [2.24, 2.45) is 0 Å². The van der Waals surface area contributed by atoms with Crippen LogP contribution in [0.15, 0.2) is 6.20 Å². The summed E-state index contributed by atoms with van der Waals surface area (Å²) < 4.78 is 13.1. The normalized spacial score (nSPS) is 17.2. The molecule has 1 aliphatic heterocycles. The number of aliphatic hydroxyl groups is 1. The van der Waals surface area contributed by atoms with Crippen LogP contribution in [-0.2, 0) is 0 Å². The Bertz CT molecular complexity index is 326. The van der Waals surface area contributed by atoms with E-state index in [9.17, 15) is 4.39 Å². The first-order valence-corrected chi connectivity index (χ1v) is 3.88. The molecule has 1 aromatic rings. The van der Waals surface area contributed by atoms with Crippen molar-refractivity contribution in [1.29, 1.82) is 0 Å². The molecule has 0 aromatic carbocycles. The summed E-state index contributed by atoms with van der Waals surface area (Å²) >= 11 is 0. The number of anilines is 2. The average Bonchev–Trinajstić information content (AvgIpc) is 2.04. The number of nitrogen functional groups attached to an aromatic ring is 1.